The van der Waals surface area contributed by atoms with E-state index in [4.69, 9.17) is 0 Å². The van der Waals surface area contributed by atoms with Crippen molar-refractivity contribution in [2.24, 2.45) is 0 Å². The van der Waals surface area contributed by atoms with E-state index >= 15 is 0 Å². The molecule has 0 atom stereocenters. The molecule has 0 unspecified atom stereocenters. The molecule has 0 fully saturated rings. The lowest BCUT2D eigenvalue weighted by Crippen LogP contribution is -2.31. The van der Waals surface area contributed by atoms with Gasteiger partial charge in [0.15, 0.2) is 0 Å². The minimum absolute atomic E-state index is 0.253. The molecule has 0 N–H and O–H groups in total. The Balaban J connectivity index is 1.34. The summed E-state index contributed by atoms with van der Waals surface area (Å²) in [5.41, 5.74) is 12.3. The maximum atomic E-state index is 13.8. The van der Waals surface area contributed by atoms with Gasteiger partial charge in [-0.2, -0.15) is 0 Å². The third-order valence-corrected chi connectivity index (χ3v) is 9.84. The first-order chi connectivity index (χ1) is 25.1. The molecule has 0 aliphatic rings. The fourth-order valence-corrected chi connectivity index (χ4v) is 7.20. The van der Waals surface area contributed by atoms with Gasteiger partial charge in [0.05, 0.1) is 5.41 Å². The van der Waals surface area contributed by atoms with Gasteiger partial charge in [0, 0.05) is 0 Å². The quantitative estimate of drug-likeness (QED) is 0.142. The van der Waals surface area contributed by atoms with Crippen molar-refractivity contribution in [3.63, 3.8) is 0 Å². The lowest BCUT2D eigenvalue weighted by atomic mass is 9.64. The van der Waals surface area contributed by atoms with Crippen LogP contribution in [0.1, 0.15) is 22.3 Å². The highest BCUT2D eigenvalue weighted by Crippen LogP contribution is 2.47. The van der Waals surface area contributed by atoms with Crippen LogP contribution < -0.4 is 0 Å². The SMILES string of the molecule is Fc1ccc(-c2ccc(C(c3ccc(-c4ccccc4)cc3)(c3ccc(-c4ccccc4)cc3)c3ccc(-c4ccc(F)cc4)cc3)cc2)cc1. The highest BCUT2D eigenvalue weighted by molar-refractivity contribution is 5.72. The molecule has 0 amide bonds. The van der Waals surface area contributed by atoms with Gasteiger partial charge < -0.3 is 0 Å². The maximum Gasteiger partial charge on any atom is 0.123 e. The van der Waals surface area contributed by atoms with Gasteiger partial charge in [-0.25, -0.2) is 8.78 Å². The molecule has 0 aliphatic heterocycles. The summed E-state index contributed by atoms with van der Waals surface area (Å²) in [6.45, 7) is 0. The summed E-state index contributed by atoms with van der Waals surface area (Å²) in [6, 6.07) is 69.2. The number of halogens is 2. The van der Waals surface area contributed by atoms with Crippen molar-refractivity contribution in [1.82, 2.24) is 0 Å². The summed E-state index contributed by atoms with van der Waals surface area (Å²) in [5, 5.41) is 0. The molecule has 0 nitrogen and oxygen atoms in total. The average Bonchev–Trinajstić information content (AvgIpc) is 3.20. The predicted molar refractivity (Wildman–Crippen MR) is 206 cm³/mol. The van der Waals surface area contributed by atoms with E-state index < -0.39 is 5.41 Å². The van der Waals surface area contributed by atoms with E-state index in [-0.39, 0.29) is 11.6 Å². The van der Waals surface area contributed by atoms with E-state index in [1.165, 1.54) is 24.3 Å². The molecular formula is C49H34F2. The van der Waals surface area contributed by atoms with E-state index in [1.54, 1.807) is 0 Å². The third kappa shape index (κ3) is 6.29. The second kappa shape index (κ2) is 13.9. The van der Waals surface area contributed by atoms with Crippen molar-refractivity contribution in [2.75, 3.05) is 0 Å². The molecule has 2 heteroatoms. The molecule has 244 valence electrons. The van der Waals surface area contributed by atoms with Gasteiger partial charge in [0.1, 0.15) is 11.6 Å². The first kappa shape index (κ1) is 31.9. The molecule has 0 aliphatic carbocycles. The van der Waals surface area contributed by atoms with Crippen molar-refractivity contribution >= 4 is 0 Å². The molecule has 0 saturated heterocycles. The maximum absolute atomic E-state index is 13.8. The van der Waals surface area contributed by atoms with Crippen molar-refractivity contribution in [3.8, 4) is 44.5 Å². The van der Waals surface area contributed by atoms with Crippen molar-refractivity contribution in [3.05, 3.63) is 240 Å². The monoisotopic (exact) mass is 660 g/mol. The summed E-state index contributed by atoms with van der Waals surface area (Å²) in [7, 11) is 0. The van der Waals surface area contributed by atoms with Crippen LogP contribution in [-0.4, -0.2) is 0 Å². The van der Waals surface area contributed by atoms with Crippen molar-refractivity contribution in [1.29, 1.82) is 0 Å². The molecule has 0 aromatic heterocycles. The first-order valence-corrected chi connectivity index (χ1v) is 17.1. The minimum atomic E-state index is -0.701. The Morgan fingerprint density at radius 1 is 0.216 bits per heavy atom. The largest absolute Gasteiger partial charge is 0.207 e. The predicted octanol–water partition coefficient (Wildman–Crippen LogP) is 13.0. The second-order valence-electron chi connectivity index (χ2n) is 12.8. The summed E-state index contributed by atoms with van der Waals surface area (Å²) in [4.78, 5) is 0. The van der Waals surface area contributed by atoms with Gasteiger partial charge in [-0.05, 0) is 91.0 Å². The number of hydrogen-bond donors (Lipinski definition) is 0. The van der Waals surface area contributed by atoms with Gasteiger partial charge in [-0.1, -0.05) is 182 Å². The Hall–Kier alpha value is -6.38. The Morgan fingerprint density at radius 2 is 0.412 bits per heavy atom. The van der Waals surface area contributed by atoms with E-state index in [9.17, 15) is 8.78 Å². The molecule has 8 rings (SSSR count). The van der Waals surface area contributed by atoms with Crippen LogP contribution in [0.5, 0.6) is 0 Å². The lowest BCUT2D eigenvalue weighted by molar-refractivity contribution is 0.627. The van der Waals surface area contributed by atoms with Crippen LogP contribution in [0.4, 0.5) is 8.78 Å². The van der Waals surface area contributed by atoms with Crippen LogP contribution in [-0.2, 0) is 5.41 Å². The Morgan fingerprint density at radius 3 is 0.647 bits per heavy atom. The number of hydrogen-bond acceptors (Lipinski definition) is 0. The second-order valence-corrected chi connectivity index (χ2v) is 12.8. The zero-order valence-electron chi connectivity index (χ0n) is 27.9. The van der Waals surface area contributed by atoms with Gasteiger partial charge in [-0.3, -0.25) is 0 Å². The van der Waals surface area contributed by atoms with Crippen LogP contribution in [0.3, 0.4) is 0 Å². The first-order valence-electron chi connectivity index (χ1n) is 17.1. The van der Waals surface area contributed by atoms with E-state index in [0.29, 0.717) is 0 Å². The molecule has 0 spiro atoms. The zero-order valence-corrected chi connectivity index (χ0v) is 27.9. The van der Waals surface area contributed by atoms with Gasteiger partial charge >= 0.3 is 0 Å². The van der Waals surface area contributed by atoms with Gasteiger partial charge in [0.2, 0.25) is 0 Å². The molecule has 0 saturated carbocycles. The van der Waals surface area contributed by atoms with E-state index in [2.05, 4.69) is 146 Å². The Kier molecular flexibility index (Phi) is 8.66. The summed E-state index contributed by atoms with van der Waals surface area (Å²) in [6.07, 6.45) is 0. The lowest BCUT2D eigenvalue weighted by Gasteiger charge is -2.37. The smallest absolute Gasteiger partial charge is 0.123 e. The van der Waals surface area contributed by atoms with Crippen LogP contribution >= 0.6 is 0 Å². The summed E-state index contributed by atoms with van der Waals surface area (Å²) in [5.74, 6) is -0.507. The average molecular weight is 661 g/mol. The number of benzene rings is 8. The number of rotatable bonds is 8. The molecule has 8 aromatic carbocycles. The molecule has 0 radical (unpaired) electrons. The van der Waals surface area contributed by atoms with Gasteiger partial charge in [0.25, 0.3) is 0 Å². The van der Waals surface area contributed by atoms with Crippen LogP contribution in [0, 0.1) is 11.6 Å². The molecular weight excluding hydrogens is 627 g/mol. The molecule has 0 heterocycles. The van der Waals surface area contributed by atoms with Crippen molar-refractivity contribution in [2.45, 2.75) is 5.41 Å². The Bertz CT molecular complexity index is 2170. The minimum Gasteiger partial charge on any atom is -0.207 e. The fraction of sp³-hybridized carbons (Fsp3) is 0.0204. The molecule has 8 aromatic rings. The normalized spacial score (nSPS) is 11.3. The highest BCUT2D eigenvalue weighted by atomic mass is 19.1. The van der Waals surface area contributed by atoms with Gasteiger partial charge in [-0.15, -0.1) is 0 Å². The van der Waals surface area contributed by atoms with Crippen LogP contribution in [0.25, 0.3) is 44.5 Å². The third-order valence-electron chi connectivity index (χ3n) is 9.84. The summed E-state index contributed by atoms with van der Waals surface area (Å²) >= 11 is 0. The molecule has 51 heavy (non-hydrogen) atoms. The van der Waals surface area contributed by atoms with Crippen LogP contribution in [0.15, 0.2) is 206 Å². The Labute approximate surface area is 298 Å². The summed E-state index contributed by atoms with van der Waals surface area (Å²) < 4.78 is 27.6. The highest BCUT2D eigenvalue weighted by Gasteiger charge is 2.38. The standard InChI is InChI=1S/C49H34F2/c50-47-31-19-41(20-32-47)39-15-27-45(28-16-39)49(43-23-11-37(12-24-43)35-7-3-1-4-8-35,44-25-13-38(14-26-44)36-9-5-2-6-10-36)46-29-17-40(18-30-46)42-21-33-48(51)34-22-42/h1-34H. The van der Waals surface area contributed by atoms with Crippen LogP contribution in [0.2, 0.25) is 0 Å². The fourth-order valence-electron chi connectivity index (χ4n) is 7.20. The topological polar surface area (TPSA) is 0 Å². The van der Waals surface area contributed by atoms with E-state index in [0.717, 1.165) is 66.8 Å². The van der Waals surface area contributed by atoms with Crippen molar-refractivity contribution < 1.29 is 8.78 Å². The van der Waals surface area contributed by atoms with E-state index in [1.807, 2.05) is 36.4 Å². The zero-order chi connectivity index (χ0) is 34.6. The molecule has 0 bridgehead atoms.